The molecule has 0 bridgehead atoms. The molecule has 0 radical (unpaired) electrons. The maximum atomic E-state index is 14.9. The predicted molar refractivity (Wildman–Crippen MR) is 122 cm³/mol. The van der Waals surface area contributed by atoms with E-state index in [9.17, 15) is 12.8 Å². The average Bonchev–Trinajstić information content (AvgIpc) is 2.77. The molecule has 2 aliphatic heterocycles. The van der Waals surface area contributed by atoms with Crippen LogP contribution in [0.2, 0.25) is 0 Å². The lowest BCUT2D eigenvalue weighted by Gasteiger charge is -2.37. The Morgan fingerprint density at radius 1 is 1.12 bits per heavy atom. The summed E-state index contributed by atoms with van der Waals surface area (Å²) in [5, 5.41) is -0.592. The summed E-state index contributed by atoms with van der Waals surface area (Å²) in [6.07, 6.45) is 3.15. The molecule has 0 amide bonds. The second-order valence-corrected chi connectivity index (χ2v) is 11.4. The van der Waals surface area contributed by atoms with E-state index in [-0.39, 0.29) is 18.0 Å². The maximum absolute atomic E-state index is 14.9. The van der Waals surface area contributed by atoms with E-state index in [2.05, 4.69) is 6.92 Å². The van der Waals surface area contributed by atoms with Crippen molar-refractivity contribution in [1.29, 1.82) is 0 Å². The molecule has 0 N–H and O–H groups in total. The van der Waals surface area contributed by atoms with Gasteiger partial charge >= 0.3 is 0 Å². The van der Waals surface area contributed by atoms with Gasteiger partial charge in [-0.1, -0.05) is 43.3 Å². The Kier molecular flexibility index (Phi) is 6.89. The first-order valence-corrected chi connectivity index (χ1v) is 12.8. The van der Waals surface area contributed by atoms with E-state index in [0.29, 0.717) is 24.3 Å². The summed E-state index contributed by atoms with van der Waals surface area (Å²) in [5.41, 5.74) is 1.17. The number of sulfonamides is 1. The molecule has 2 fully saturated rings. The highest BCUT2D eigenvalue weighted by atomic mass is 32.2. The molecule has 0 saturated carbocycles. The summed E-state index contributed by atoms with van der Waals surface area (Å²) in [4.78, 5) is 0. The Morgan fingerprint density at radius 3 is 2.53 bits per heavy atom. The lowest BCUT2D eigenvalue weighted by molar-refractivity contribution is 0.000250. The first kappa shape index (κ1) is 23.2. The summed E-state index contributed by atoms with van der Waals surface area (Å²) >= 11 is 0. The lowest BCUT2D eigenvalue weighted by Crippen LogP contribution is -2.44. The molecule has 0 unspecified atom stereocenters. The summed E-state index contributed by atoms with van der Waals surface area (Å²) < 4.78 is 54.5. The molecular formula is C25H32FNO4S. The molecular weight excluding hydrogens is 429 g/mol. The van der Waals surface area contributed by atoms with Crippen molar-refractivity contribution in [1.82, 2.24) is 4.31 Å². The molecule has 174 valence electrons. The Balaban J connectivity index is 1.47. The van der Waals surface area contributed by atoms with Crippen LogP contribution in [0.3, 0.4) is 0 Å². The number of nitrogens with zero attached hydrogens (tertiary/aromatic N) is 1. The van der Waals surface area contributed by atoms with E-state index in [1.165, 1.54) is 10.4 Å². The van der Waals surface area contributed by atoms with Gasteiger partial charge in [-0.05, 0) is 44.2 Å². The van der Waals surface area contributed by atoms with Crippen molar-refractivity contribution in [3.05, 3.63) is 65.5 Å². The highest BCUT2D eigenvalue weighted by Crippen LogP contribution is 2.38. The number of hydrogen-bond donors (Lipinski definition) is 0. The van der Waals surface area contributed by atoms with Gasteiger partial charge in [0.15, 0.2) is 0 Å². The van der Waals surface area contributed by atoms with Crippen LogP contribution in [0, 0.1) is 11.2 Å². The topological polar surface area (TPSA) is 55.8 Å². The van der Waals surface area contributed by atoms with Crippen molar-refractivity contribution in [3.8, 4) is 5.75 Å². The van der Waals surface area contributed by atoms with Gasteiger partial charge in [-0.2, -0.15) is 4.31 Å². The van der Waals surface area contributed by atoms with E-state index >= 15 is 0 Å². The fraction of sp³-hybridized carbons (Fsp3) is 0.520. The summed E-state index contributed by atoms with van der Waals surface area (Å²) in [6, 6.07) is 13.9. The zero-order valence-electron chi connectivity index (χ0n) is 18.8. The van der Waals surface area contributed by atoms with Crippen molar-refractivity contribution >= 4 is 10.0 Å². The monoisotopic (exact) mass is 461 g/mol. The third kappa shape index (κ3) is 5.00. The quantitative estimate of drug-likeness (QED) is 0.602. The van der Waals surface area contributed by atoms with Gasteiger partial charge in [0.2, 0.25) is 10.0 Å². The number of hydrogen-bond acceptors (Lipinski definition) is 4. The Morgan fingerprint density at radius 2 is 1.84 bits per heavy atom. The highest BCUT2D eigenvalue weighted by molar-refractivity contribution is 7.89. The maximum Gasteiger partial charge on any atom is 0.221 e. The normalized spacial score (nSPS) is 25.3. The average molecular weight is 462 g/mol. The smallest absolute Gasteiger partial charge is 0.221 e. The fourth-order valence-corrected chi connectivity index (χ4v) is 6.72. The van der Waals surface area contributed by atoms with Crippen molar-refractivity contribution in [2.24, 2.45) is 5.41 Å². The van der Waals surface area contributed by atoms with Crippen molar-refractivity contribution in [2.45, 2.75) is 57.4 Å². The minimum Gasteiger partial charge on any atom is -0.493 e. The summed E-state index contributed by atoms with van der Waals surface area (Å²) in [5.74, 6) is 0.0274. The molecule has 0 aliphatic carbocycles. The first-order chi connectivity index (χ1) is 15.3. The van der Waals surface area contributed by atoms with E-state index in [1.54, 1.807) is 12.1 Å². The van der Waals surface area contributed by atoms with Gasteiger partial charge in [-0.3, -0.25) is 0 Å². The second-order valence-electron chi connectivity index (χ2n) is 9.38. The van der Waals surface area contributed by atoms with E-state index in [4.69, 9.17) is 9.47 Å². The Bertz CT molecular complexity index is 1020. The van der Waals surface area contributed by atoms with Crippen LogP contribution in [0.5, 0.6) is 5.75 Å². The zero-order valence-corrected chi connectivity index (χ0v) is 19.6. The highest BCUT2D eigenvalue weighted by Gasteiger charge is 2.40. The van der Waals surface area contributed by atoms with Gasteiger partial charge in [0.25, 0.3) is 0 Å². The molecule has 2 saturated heterocycles. The first-order valence-electron chi connectivity index (χ1n) is 11.3. The Labute approximate surface area is 190 Å². The van der Waals surface area contributed by atoms with Crippen molar-refractivity contribution in [2.75, 3.05) is 19.8 Å². The molecule has 32 heavy (non-hydrogen) atoms. The van der Waals surface area contributed by atoms with Gasteiger partial charge in [0, 0.05) is 42.8 Å². The fourth-order valence-electron chi connectivity index (χ4n) is 4.53. The molecule has 0 spiro atoms. The second kappa shape index (κ2) is 9.49. The molecule has 2 aliphatic rings. The van der Waals surface area contributed by atoms with Gasteiger partial charge in [0.05, 0.1) is 6.61 Å². The molecule has 2 heterocycles. The Hall–Kier alpha value is -1.96. The minimum atomic E-state index is -3.60. The van der Waals surface area contributed by atoms with Gasteiger partial charge in [0.1, 0.15) is 16.8 Å². The van der Waals surface area contributed by atoms with E-state index in [0.717, 1.165) is 38.0 Å². The van der Waals surface area contributed by atoms with Crippen LogP contribution >= 0.6 is 0 Å². The molecule has 4 rings (SSSR count). The van der Waals surface area contributed by atoms with Crippen LogP contribution in [0.25, 0.3) is 0 Å². The van der Waals surface area contributed by atoms with Gasteiger partial charge < -0.3 is 9.47 Å². The zero-order chi connectivity index (χ0) is 22.8. The molecule has 5 nitrogen and oxygen atoms in total. The third-order valence-electron chi connectivity index (χ3n) is 6.83. The van der Waals surface area contributed by atoms with Crippen LogP contribution in [0.15, 0.2) is 48.5 Å². The molecule has 2 aromatic carbocycles. The summed E-state index contributed by atoms with van der Waals surface area (Å²) in [7, 11) is -3.60. The van der Waals surface area contributed by atoms with E-state index in [1.807, 2.05) is 37.3 Å². The van der Waals surface area contributed by atoms with Crippen molar-refractivity contribution in [3.63, 3.8) is 0 Å². The van der Waals surface area contributed by atoms with Crippen LogP contribution in [0.1, 0.15) is 55.9 Å². The standard InChI is InChI=1S/C25H32FNO4S/c1-19-8-11-24(20-6-4-3-5-7-20)32(28,29)27(19)17-21-9-10-22(16-23(21)26)31-18-25(2)12-14-30-15-13-25/h3-7,9-10,16,19,24H,8,11-15,17-18H2,1-2H3/t19-,24+/m0/s1. The van der Waals surface area contributed by atoms with Crippen molar-refractivity contribution < 1.29 is 22.3 Å². The molecule has 7 heteroatoms. The number of rotatable bonds is 6. The summed E-state index contributed by atoms with van der Waals surface area (Å²) in [6.45, 7) is 6.02. The van der Waals surface area contributed by atoms with Crippen LogP contribution in [-0.2, 0) is 21.3 Å². The van der Waals surface area contributed by atoms with Gasteiger partial charge in [-0.15, -0.1) is 0 Å². The molecule has 2 atom stereocenters. The number of halogens is 1. The SMILES string of the molecule is C[C@H]1CC[C@H](c2ccccc2)S(=O)(=O)N1Cc1ccc(OCC2(C)CCOCC2)cc1F. The van der Waals surface area contributed by atoms with Crippen LogP contribution in [0.4, 0.5) is 4.39 Å². The number of ether oxygens (including phenoxy) is 2. The predicted octanol–water partition coefficient (Wildman–Crippen LogP) is 5.08. The van der Waals surface area contributed by atoms with Gasteiger partial charge in [-0.25, -0.2) is 12.8 Å². The minimum absolute atomic E-state index is 0.0218. The largest absolute Gasteiger partial charge is 0.493 e. The third-order valence-corrected chi connectivity index (χ3v) is 9.20. The molecule has 2 aromatic rings. The van der Waals surface area contributed by atoms with Crippen LogP contribution < -0.4 is 4.74 Å². The molecule has 0 aromatic heterocycles. The number of benzene rings is 2. The lowest BCUT2D eigenvalue weighted by atomic mass is 9.83. The van der Waals surface area contributed by atoms with Crippen LogP contribution in [-0.4, -0.2) is 38.6 Å². The van der Waals surface area contributed by atoms with E-state index < -0.39 is 21.1 Å².